The van der Waals surface area contributed by atoms with Crippen LogP contribution in [0.2, 0.25) is 0 Å². The van der Waals surface area contributed by atoms with Crippen molar-refractivity contribution in [2.45, 2.75) is 39.0 Å². The van der Waals surface area contributed by atoms with Gasteiger partial charge in [0, 0.05) is 26.2 Å². The highest BCUT2D eigenvalue weighted by molar-refractivity contribution is 14.0. The Morgan fingerprint density at radius 1 is 1.26 bits per heavy atom. The van der Waals surface area contributed by atoms with Crippen molar-refractivity contribution in [3.63, 3.8) is 0 Å². The summed E-state index contributed by atoms with van der Waals surface area (Å²) in [6.07, 6.45) is 6.34. The number of aliphatic imine (C=N–C) groups is 1. The van der Waals surface area contributed by atoms with Gasteiger partial charge in [0.1, 0.15) is 5.82 Å². The van der Waals surface area contributed by atoms with Gasteiger partial charge in [-0.3, -0.25) is 4.99 Å². The highest BCUT2D eigenvalue weighted by atomic mass is 127. The Balaban J connectivity index is 0.00000192. The van der Waals surface area contributed by atoms with Gasteiger partial charge < -0.3 is 10.2 Å². The molecule has 1 saturated heterocycles. The number of rotatable bonds is 4. The molecule has 5 heteroatoms. The van der Waals surface area contributed by atoms with Crippen molar-refractivity contribution in [2.75, 3.05) is 26.2 Å². The molecule has 3 rings (SSSR count). The summed E-state index contributed by atoms with van der Waals surface area (Å²) >= 11 is 0. The topological polar surface area (TPSA) is 27.6 Å². The predicted octanol–water partition coefficient (Wildman–Crippen LogP) is 3.83. The van der Waals surface area contributed by atoms with E-state index in [0.29, 0.717) is 5.41 Å². The molecular weight excluding hydrogens is 404 g/mol. The molecule has 1 aromatic rings. The lowest BCUT2D eigenvalue weighted by molar-refractivity contribution is 0.151. The third-order valence-corrected chi connectivity index (χ3v) is 5.06. The van der Waals surface area contributed by atoms with Crippen molar-refractivity contribution in [1.82, 2.24) is 10.2 Å². The molecule has 2 fully saturated rings. The Morgan fingerprint density at radius 3 is 2.57 bits per heavy atom. The molecular formula is C18H27FIN3. The third-order valence-electron chi connectivity index (χ3n) is 5.06. The Hall–Kier alpha value is -0.850. The molecule has 1 N–H and O–H groups in total. The van der Waals surface area contributed by atoms with Crippen molar-refractivity contribution >= 4 is 29.9 Å². The number of nitrogens with zero attached hydrogens (tertiary/aromatic N) is 2. The summed E-state index contributed by atoms with van der Waals surface area (Å²) in [7, 11) is 0. The van der Waals surface area contributed by atoms with Gasteiger partial charge in [-0.1, -0.05) is 18.6 Å². The maximum Gasteiger partial charge on any atom is 0.193 e. The van der Waals surface area contributed by atoms with E-state index in [1.165, 1.54) is 37.8 Å². The molecule has 0 aromatic heterocycles. The Bertz CT molecular complexity index is 526. The molecule has 0 radical (unpaired) electrons. The fraction of sp³-hybridized carbons (Fsp3) is 0.611. The quantitative estimate of drug-likeness (QED) is 0.446. The fourth-order valence-corrected chi connectivity index (χ4v) is 3.57. The van der Waals surface area contributed by atoms with E-state index in [9.17, 15) is 4.39 Å². The van der Waals surface area contributed by atoms with Crippen LogP contribution in [0.4, 0.5) is 4.39 Å². The summed E-state index contributed by atoms with van der Waals surface area (Å²) in [6.45, 7) is 6.05. The van der Waals surface area contributed by atoms with E-state index in [-0.39, 0.29) is 29.8 Å². The zero-order chi connectivity index (χ0) is 15.4. The maximum atomic E-state index is 12.9. The van der Waals surface area contributed by atoms with Crippen LogP contribution >= 0.6 is 24.0 Å². The predicted molar refractivity (Wildman–Crippen MR) is 104 cm³/mol. The van der Waals surface area contributed by atoms with Crippen LogP contribution in [-0.4, -0.2) is 37.0 Å². The van der Waals surface area contributed by atoms with E-state index >= 15 is 0 Å². The van der Waals surface area contributed by atoms with Gasteiger partial charge in [-0.2, -0.15) is 0 Å². The standard InChI is InChI=1S/C18H26FN3.HI/c1-2-20-17(22-13-11-18(14-22)9-3-10-18)21-12-8-15-4-6-16(19)7-5-15;/h4-7H,2-3,8-14H2,1H3,(H,20,21);1H. The second-order valence-electron chi connectivity index (χ2n) is 6.64. The van der Waals surface area contributed by atoms with E-state index in [0.717, 1.165) is 44.1 Å². The van der Waals surface area contributed by atoms with Gasteiger partial charge in [0.25, 0.3) is 0 Å². The zero-order valence-electron chi connectivity index (χ0n) is 13.9. The van der Waals surface area contributed by atoms with Gasteiger partial charge in [-0.15, -0.1) is 24.0 Å². The summed E-state index contributed by atoms with van der Waals surface area (Å²) in [5.41, 5.74) is 1.73. The van der Waals surface area contributed by atoms with Crippen molar-refractivity contribution < 1.29 is 4.39 Å². The number of likely N-dealkylation sites (tertiary alicyclic amines) is 1. The van der Waals surface area contributed by atoms with Crippen molar-refractivity contribution in [2.24, 2.45) is 10.4 Å². The molecule has 0 bridgehead atoms. The van der Waals surface area contributed by atoms with Crippen LogP contribution in [0.3, 0.4) is 0 Å². The zero-order valence-corrected chi connectivity index (χ0v) is 16.2. The van der Waals surface area contributed by atoms with E-state index in [1.807, 2.05) is 12.1 Å². The lowest BCUT2D eigenvalue weighted by Crippen LogP contribution is -2.42. The SMILES string of the molecule is CCNC(=NCCc1ccc(F)cc1)N1CCC2(CCC2)C1.I. The smallest absolute Gasteiger partial charge is 0.193 e. The first-order valence-electron chi connectivity index (χ1n) is 8.48. The molecule has 2 aliphatic rings. The molecule has 1 aliphatic carbocycles. The van der Waals surface area contributed by atoms with Crippen molar-refractivity contribution in [3.8, 4) is 0 Å². The van der Waals surface area contributed by atoms with Gasteiger partial charge in [0.15, 0.2) is 5.96 Å². The first-order chi connectivity index (χ1) is 10.7. The molecule has 1 spiro atoms. The third kappa shape index (κ3) is 4.58. The van der Waals surface area contributed by atoms with E-state index in [1.54, 1.807) is 0 Å². The number of guanidine groups is 1. The molecule has 128 valence electrons. The van der Waals surface area contributed by atoms with Crippen molar-refractivity contribution in [1.29, 1.82) is 0 Å². The molecule has 1 heterocycles. The van der Waals surface area contributed by atoms with Gasteiger partial charge in [-0.05, 0) is 55.7 Å². The molecule has 0 amide bonds. The lowest BCUT2D eigenvalue weighted by atomic mass is 9.68. The van der Waals surface area contributed by atoms with Gasteiger partial charge in [0.2, 0.25) is 0 Å². The highest BCUT2D eigenvalue weighted by Crippen LogP contribution is 2.47. The Morgan fingerprint density at radius 2 is 2.00 bits per heavy atom. The minimum absolute atomic E-state index is 0. The average molecular weight is 431 g/mol. The Labute approximate surface area is 155 Å². The van der Waals surface area contributed by atoms with Gasteiger partial charge >= 0.3 is 0 Å². The van der Waals surface area contributed by atoms with E-state index in [4.69, 9.17) is 4.99 Å². The molecule has 1 saturated carbocycles. The Kier molecular flexibility index (Phi) is 6.68. The second-order valence-corrected chi connectivity index (χ2v) is 6.64. The molecule has 23 heavy (non-hydrogen) atoms. The van der Waals surface area contributed by atoms with Gasteiger partial charge in [0.05, 0.1) is 0 Å². The number of nitrogens with one attached hydrogen (secondary N) is 1. The highest BCUT2D eigenvalue weighted by Gasteiger charge is 2.43. The van der Waals surface area contributed by atoms with E-state index < -0.39 is 0 Å². The minimum atomic E-state index is -0.177. The van der Waals surface area contributed by atoms with E-state index in [2.05, 4.69) is 17.1 Å². The minimum Gasteiger partial charge on any atom is -0.357 e. The number of hydrogen-bond acceptors (Lipinski definition) is 1. The summed E-state index contributed by atoms with van der Waals surface area (Å²) in [5, 5.41) is 3.42. The maximum absolute atomic E-state index is 12.9. The number of hydrogen-bond donors (Lipinski definition) is 1. The monoisotopic (exact) mass is 431 g/mol. The first kappa shape index (κ1) is 18.5. The molecule has 1 aliphatic heterocycles. The first-order valence-corrected chi connectivity index (χ1v) is 8.48. The lowest BCUT2D eigenvalue weighted by Gasteiger charge is -2.38. The van der Waals surface area contributed by atoms with Gasteiger partial charge in [-0.25, -0.2) is 4.39 Å². The largest absolute Gasteiger partial charge is 0.357 e. The summed E-state index contributed by atoms with van der Waals surface area (Å²) in [4.78, 5) is 7.20. The molecule has 0 unspecified atom stereocenters. The number of halogens is 2. The van der Waals surface area contributed by atoms with Crippen LogP contribution in [0.5, 0.6) is 0 Å². The van der Waals surface area contributed by atoms with Crippen LogP contribution < -0.4 is 5.32 Å². The summed E-state index contributed by atoms with van der Waals surface area (Å²) in [6, 6.07) is 6.73. The van der Waals surface area contributed by atoms with Crippen molar-refractivity contribution in [3.05, 3.63) is 35.6 Å². The molecule has 0 atom stereocenters. The average Bonchev–Trinajstić information content (AvgIpc) is 2.94. The van der Waals surface area contributed by atoms with Crippen LogP contribution in [0.1, 0.15) is 38.2 Å². The fourth-order valence-electron chi connectivity index (χ4n) is 3.57. The second kappa shape index (κ2) is 8.31. The molecule has 1 aromatic carbocycles. The summed E-state index contributed by atoms with van der Waals surface area (Å²) < 4.78 is 12.9. The number of benzene rings is 1. The molecule has 3 nitrogen and oxygen atoms in total. The van der Waals surface area contributed by atoms with Crippen LogP contribution in [0.25, 0.3) is 0 Å². The van der Waals surface area contributed by atoms with Crippen LogP contribution in [-0.2, 0) is 6.42 Å². The van der Waals surface area contributed by atoms with Crippen LogP contribution in [0.15, 0.2) is 29.3 Å². The van der Waals surface area contributed by atoms with Crippen LogP contribution in [0, 0.1) is 11.2 Å². The normalized spacial score (nSPS) is 19.4. The summed E-state index contributed by atoms with van der Waals surface area (Å²) in [5.74, 6) is 0.872.